The summed E-state index contributed by atoms with van der Waals surface area (Å²) in [5.74, 6) is -0.949. The fourth-order valence-corrected chi connectivity index (χ4v) is 2.26. The van der Waals surface area contributed by atoms with Gasteiger partial charge in [0.15, 0.2) is 0 Å². The number of halogens is 2. The molecular formula is C13H15ClFNO3. The van der Waals surface area contributed by atoms with Crippen molar-refractivity contribution in [3.63, 3.8) is 0 Å². The molecule has 19 heavy (non-hydrogen) atoms. The van der Waals surface area contributed by atoms with Crippen LogP contribution < -0.4 is 5.32 Å². The molecule has 1 aromatic carbocycles. The summed E-state index contributed by atoms with van der Waals surface area (Å²) in [6.07, 6.45) is 0.127. The van der Waals surface area contributed by atoms with Crippen LogP contribution in [0.15, 0.2) is 18.2 Å². The molecule has 4 nitrogen and oxygen atoms in total. The number of rotatable bonds is 3. The van der Waals surface area contributed by atoms with Crippen LogP contribution in [0.1, 0.15) is 23.7 Å². The molecule has 0 aromatic heterocycles. The number of carbonyl (C=O) groups is 1. The van der Waals surface area contributed by atoms with Crippen LogP contribution in [0.2, 0.25) is 5.02 Å². The van der Waals surface area contributed by atoms with Crippen molar-refractivity contribution >= 4 is 17.5 Å². The smallest absolute Gasteiger partial charge is 0.252 e. The molecule has 2 unspecified atom stereocenters. The topological polar surface area (TPSA) is 58.6 Å². The zero-order chi connectivity index (χ0) is 14.0. The molecule has 2 N–H and O–H groups in total. The Labute approximate surface area is 115 Å². The normalized spacial score (nSPS) is 26.4. The molecule has 104 valence electrons. The van der Waals surface area contributed by atoms with E-state index in [2.05, 4.69) is 5.32 Å². The van der Waals surface area contributed by atoms with Crippen LogP contribution in [0, 0.1) is 5.82 Å². The second kappa shape index (κ2) is 5.45. The van der Waals surface area contributed by atoms with E-state index >= 15 is 0 Å². The molecule has 0 radical (unpaired) electrons. The third-order valence-corrected chi connectivity index (χ3v) is 3.70. The summed E-state index contributed by atoms with van der Waals surface area (Å²) in [4.78, 5) is 11.9. The number of carbonyl (C=O) groups excluding carboxylic acids is 1. The van der Waals surface area contributed by atoms with Gasteiger partial charge in [0, 0.05) is 19.6 Å². The minimum absolute atomic E-state index is 0.0419. The fraction of sp³-hybridized carbons (Fsp3) is 0.462. The highest BCUT2D eigenvalue weighted by Gasteiger charge is 2.39. The Morgan fingerprint density at radius 1 is 1.68 bits per heavy atom. The van der Waals surface area contributed by atoms with Gasteiger partial charge in [0.25, 0.3) is 5.91 Å². The number of ether oxygens (including phenoxy) is 1. The largest absolute Gasteiger partial charge is 0.385 e. The Bertz CT molecular complexity index is 497. The van der Waals surface area contributed by atoms with Crippen LogP contribution in [0.25, 0.3) is 0 Å². The lowest BCUT2D eigenvalue weighted by Gasteiger charge is -2.26. The van der Waals surface area contributed by atoms with Gasteiger partial charge in [-0.25, -0.2) is 4.39 Å². The Morgan fingerprint density at radius 2 is 2.42 bits per heavy atom. The van der Waals surface area contributed by atoms with Crippen LogP contribution >= 0.6 is 11.6 Å². The minimum atomic E-state index is -1.07. The molecule has 0 spiro atoms. The summed E-state index contributed by atoms with van der Waals surface area (Å²) in [5, 5.41) is 12.9. The van der Waals surface area contributed by atoms with Crippen LogP contribution in [0.4, 0.5) is 4.39 Å². The molecule has 2 atom stereocenters. The van der Waals surface area contributed by atoms with Gasteiger partial charge in [-0.3, -0.25) is 4.79 Å². The molecule has 1 saturated heterocycles. The maximum absolute atomic E-state index is 12.9. The quantitative estimate of drug-likeness (QED) is 0.890. The molecule has 1 aliphatic rings. The van der Waals surface area contributed by atoms with E-state index in [0.29, 0.717) is 13.0 Å². The van der Waals surface area contributed by atoms with Crippen molar-refractivity contribution < 1.29 is 19.0 Å². The van der Waals surface area contributed by atoms with Crippen LogP contribution in [-0.2, 0) is 4.74 Å². The van der Waals surface area contributed by atoms with E-state index in [4.69, 9.17) is 16.3 Å². The van der Waals surface area contributed by atoms with Gasteiger partial charge in [-0.1, -0.05) is 11.6 Å². The lowest BCUT2D eigenvalue weighted by Crippen LogP contribution is -2.47. The second-order valence-electron chi connectivity index (χ2n) is 4.67. The molecular weight excluding hydrogens is 273 g/mol. The average Bonchev–Trinajstić information content (AvgIpc) is 2.67. The van der Waals surface area contributed by atoms with Gasteiger partial charge >= 0.3 is 0 Å². The first kappa shape index (κ1) is 14.2. The molecule has 1 heterocycles. The summed E-state index contributed by atoms with van der Waals surface area (Å²) >= 11 is 5.80. The monoisotopic (exact) mass is 287 g/mol. The van der Waals surface area contributed by atoms with Crippen LogP contribution in [-0.4, -0.2) is 35.9 Å². The summed E-state index contributed by atoms with van der Waals surface area (Å²) in [7, 11) is 0. The first-order chi connectivity index (χ1) is 8.92. The van der Waals surface area contributed by atoms with E-state index in [1.807, 2.05) is 0 Å². The molecule has 1 fully saturated rings. The van der Waals surface area contributed by atoms with Crippen molar-refractivity contribution in [3.05, 3.63) is 34.6 Å². The van der Waals surface area contributed by atoms with Crippen molar-refractivity contribution in [3.8, 4) is 0 Å². The SMILES string of the molecule is CC1OCCC1(O)CNC(=O)c1ccc(F)cc1Cl. The molecule has 1 aromatic rings. The zero-order valence-corrected chi connectivity index (χ0v) is 11.2. The van der Waals surface area contributed by atoms with E-state index < -0.39 is 17.3 Å². The number of aliphatic hydroxyl groups is 1. The summed E-state index contributed by atoms with van der Waals surface area (Å²) in [6.45, 7) is 2.29. The number of benzene rings is 1. The summed E-state index contributed by atoms with van der Waals surface area (Å²) < 4.78 is 18.2. The molecule has 0 saturated carbocycles. The average molecular weight is 288 g/mol. The van der Waals surface area contributed by atoms with Crippen LogP contribution in [0.3, 0.4) is 0 Å². The van der Waals surface area contributed by atoms with E-state index in [-0.39, 0.29) is 23.2 Å². The fourth-order valence-electron chi connectivity index (χ4n) is 2.01. The van der Waals surface area contributed by atoms with Crippen molar-refractivity contribution in [1.29, 1.82) is 0 Å². The van der Waals surface area contributed by atoms with Crippen molar-refractivity contribution in [2.24, 2.45) is 0 Å². The standard InChI is InChI=1S/C13H15ClFNO3/c1-8-13(18,4-5-19-8)7-16-12(17)10-3-2-9(15)6-11(10)14/h2-3,6,8,18H,4-5,7H2,1H3,(H,16,17). The minimum Gasteiger partial charge on any atom is -0.385 e. The number of hydrogen-bond acceptors (Lipinski definition) is 3. The van der Waals surface area contributed by atoms with Gasteiger partial charge in [0.2, 0.25) is 0 Å². The van der Waals surface area contributed by atoms with Gasteiger partial charge in [0.05, 0.1) is 16.7 Å². The highest BCUT2D eigenvalue weighted by Crippen LogP contribution is 2.25. The number of amides is 1. The predicted octanol–water partition coefficient (Wildman–Crippen LogP) is 1.75. The molecule has 2 rings (SSSR count). The van der Waals surface area contributed by atoms with E-state index in [9.17, 15) is 14.3 Å². The molecule has 0 aliphatic carbocycles. The number of hydrogen-bond donors (Lipinski definition) is 2. The Kier molecular flexibility index (Phi) is 4.08. The summed E-state index contributed by atoms with van der Waals surface area (Å²) in [6, 6.07) is 3.55. The molecule has 1 aliphatic heterocycles. The van der Waals surface area contributed by atoms with Crippen LogP contribution in [0.5, 0.6) is 0 Å². The first-order valence-corrected chi connectivity index (χ1v) is 6.37. The Hall–Kier alpha value is -1.17. The lowest BCUT2D eigenvalue weighted by atomic mass is 9.96. The van der Waals surface area contributed by atoms with E-state index in [1.54, 1.807) is 6.92 Å². The van der Waals surface area contributed by atoms with Gasteiger partial charge in [-0.05, 0) is 25.1 Å². The van der Waals surface area contributed by atoms with Crippen molar-refractivity contribution in [2.75, 3.05) is 13.2 Å². The Morgan fingerprint density at radius 3 is 3.00 bits per heavy atom. The van der Waals surface area contributed by atoms with Gasteiger partial charge in [-0.15, -0.1) is 0 Å². The molecule has 1 amide bonds. The third-order valence-electron chi connectivity index (χ3n) is 3.39. The first-order valence-electron chi connectivity index (χ1n) is 5.99. The Balaban J connectivity index is 2.02. The number of nitrogens with one attached hydrogen (secondary N) is 1. The van der Waals surface area contributed by atoms with Crippen molar-refractivity contribution in [1.82, 2.24) is 5.32 Å². The van der Waals surface area contributed by atoms with Gasteiger partial charge in [-0.2, -0.15) is 0 Å². The predicted molar refractivity (Wildman–Crippen MR) is 68.7 cm³/mol. The molecule has 6 heteroatoms. The summed E-state index contributed by atoms with van der Waals surface area (Å²) in [5.41, 5.74) is -0.888. The maximum atomic E-state index is 12.9. The van der Waals surface area contributed by atoms with E-state index in [1.165, 1.54) is 6.07 Å². The zero-order valence-electron chi connectivity index (χ0n) is 10.5. The second-order valence-corrected chi connectivity index (χ2v) is 5.08. The van der Waals surface area contributed by atoms with Gasteiger partial charge in [0.1, 0.15) is 11.4 Å². The van der Waals surface area contributed by atoms with Crippen molar-refractivity contribution in [2.45, 2.75) is 25.0 Å². The maximum Gasteiger partial charge on any atom is 0.252 e. The third kappa shape index (κ3) is 3.05. The lowest BCUT2D eigenvalue weighted by molar-refractivity contribution is -0.0251. The van der Waals surface area contributed by atoms with Gasteiger partial charge < -0.3 is 15.2 Å². The molecule has 0 bridgehead atoms. The highest BCUT2D eigenvalue weighted by molar-refractivity contribution is 6.33. The van der Waals surface area contributed by atoms with E-state index in [0.717, 1.165) is 12.1 Å². The highest BCUT2D eigenvalue weighted by atomic mass is 35.5.